The Labute approximate surface area is 148 Å². The van der Waals surface area contributed by atoms with Crippen molar-refractivity contribution in [1.29, 1.82) is 0 Å². The van der Waals surface area contributed by atoms with Crippen LogP contribution in [-0.2, 0) is 6.42 Å². The number of nitrogens with zero attached hydrogens (tertiary/aromatic N) is 1. The average Bonchev–Trinajstić information content (AvgIpc) is 2.54. The zero-order valence-electron chi connectivity index (χ0n) is 15.0. The van der Waals surface area contributed by atoms with E-state index in [-0.39, 0.29) is 5.75 Å². The molecule has 2 aromatic carbocycles. The molecular weight excluding hydrogens is 312 g/mol. The van der Waals surface area contributed by atoms with Crippen molar-refractivity contribution in [3.05, 3.63) is 64.7 Å². The van der Waals surface area contributed by atoms with Gasteiger partial charge in [-0.1, -0.05) is 25.3 Å². The molecule has 4 heteroatoms. The molecule has 0 spiro atoms. The first-order chi connectivity index (χ1) is 11.9. The number of allylic oxidation sites excluding steroid dienone is 1. The second-order valence-electron chi connectivity index (χ2n) is 5.80. The summed E-state index contributed by atoms with van der Waals surface area (Å²) in [7, 11) is 1.52. The number of phenols is 1. The molecule has 2 aromatic rings. The van der Waals surface area contributed by atoms with Crippen LogP contribution in [0.3, 0.4) is 0 Å². The van der Waals surface area contributed by atoms with Gasteiger partial charge in [-0.25, -0.2) is 0 Å². The molecular formula is C21H24N2O2. The third kappa shape index (κ3) is 4.73. The molecule has 4 nitrogen and oxygen atoms in total. The van der Waals surface area contributed by atoms with Crippen LogP contribution >= 0.6 is 0 Å². The number of ether oxygens (including phenoxy) is 1. The van der Waals surface area contributed by atoms with Gasteiger partial charge in [0, 0.05) is 29.2 Å². The number of benzene rings is 2. The number of nitrogens with one attached hydrogen (secondary N) is 1. The molecule has 0 radical (unpaired) electrons. The van der Waals surface area contributed by atoms with E-state index in [4.69, 9.17) is 4.74 Å². The lowest BCUT2D eigenvalue weighted by molar-refractivity contribution is 0.372. The number of aliphatic imine (C=N–C) groups is 1. The Bertz CT molecular complexity index is 914. The van der Waals surface area contributed by atoms with Gasteiger partial charge in [-0.2, -0.15) is 0 Å². The summed E-state index contributed by atoms with van der Waals surface area (Å²) < 4.78 is 5.22. The summed E-state index contributed by atoms with van der Waals surface area (Å²) in [4.78, 5) is 4.52. The Balaban J connectivity index is 2.53. The second kappa shape index (κ2) is 8.20. The fraction of sp³-hybridized carbons (Fsp3) is 0.190. The summed E-state index contributed by atoms with van der Waals surface area (Å²) in [6, 6.07) is 11.5. The van der Waals surface area contributed by atoms with E-state index in [1.165, 1.54) is 7.11 Å². The lowest BCUT2D eigenvalue weighted by Gasteiger charge is -2.09. The Morgan fingerprint density at radius 2 is 2.08 bits per heavy atom. The third-order valence-corrected chi connectivity index (χ3v) is 3.66. The van der Waals surface area contributed by atoms with Gasteiger partial charge in [0.05, 0.1) is 12.8 Å². The first-order valence-electron chi connectivity index (χ1n) is 8.04. The van der Waals surface area contributed by atoms with E-state index in [1.807, 2.05) is 26.0 Å². The summed E-state index contributed by atoms with van der Waals surface area (Å²) in [6.07, 6.45) is 2.39. The Hall–Kier alpha value is -3.01. The maximum atomic E-state index is 9.91. The SMILES string of the molecule is C=C(C)Nc1cccc(CC(/N=C\C)=c2\cc(OC)c(O)cc2=C)c1. The lowest BCUT2D eigenvalue weighted by atomic mass is 10.1. The minimum absolute atomic E-state index is 0.0729. The highest BCUT2D eigenvalue weighted by atomic mass is 16.5. The second-order valence-corrected chi connectivity index (χ2v) is 5.80. The van der Waals surface area contributed by atoms with E-state index < -0.39 is 0 Å². The molecule has 0 amide bonds. The van der Waals surface area contributed by atoms with Gasteiger partial charge in [-0.15, -0.1) is 0 Å². The van der Waals surface area contributed by atoms with Gasteiger partial charge in [0.25, 0.3) is 0 Å². The van der Waals surface area contributed by atoms with Crippen LogP contribution in [0.15, 0.2) is 53.7 Å². The van der Waals surface area contributed by atoms with E-state index in [0.717, 1.165) is 27.9 Å². The van der Waals surface area contributed by atoms with E-state index in [9.17, 15) is 5.11 Å². The van der Waals surface area contributed by atoms with Crippen LogP contribution in [-0.4, -0.2) is 18.4 Å². The average molecular weight is 336 g/mol. The smallest absolute Gasteiger partial charge is 0.161 e. The number of aromatic hydroxyl groups is 1. The zero-order chi connectivity index (χ0) is 18.4. The standard InChI is InChI=1S/C21H24N2O2/c1-6-22-19(18-13-21(25-5)20(24)10-15(18)4)12-16-8-7-9-17(11-16)23-14(2)3/h6-11,13,23-24H,2,4,12H2,1,3,5H3/b19-18-,22-6-. The molecule has 0 heterocycles. The fourth-order valence-electron chi connectivity index (χ4n) is 2.61. The third-order valence-electron chi connectivity index (χ3n) is 3.66. The molecule has 0 saturated heterocycles. The Kier molecular flexibility index (Phi) is 6.01. The van der Waals surface area contributed by atoms with Crippen LogP contribution in [0.2, 0.25) is 0 Å². The molecule has 25 heavy (non-hydrogen) atoms. The van der Waals surface area contributed by atoms with Crippen molar-refractivity contribution in [3.8, 4) is 11.5 Å². The largest absolute Gasteiger partial charge is 0.504 e. The van der Waals surface area contributed by atoms with E-state index in [0.29, 0.717) is 17.4 Å². The topological polar surface area (TPSA) is 53.9 Å². The van der Waals surface area contributed by atoms with Gasteiger partial charge in [0.15, 0.2) is 11.5 Å². The molecule has 2 rings (SSSR count). The van der Waals surface area contributed by atoms with Crippen molar-refractivity contribution in [2.24, 2.45) is 4.99 Å². The van der Waals surface area contributed by atoms with E-state index in [1.54, 1.807) is 18.3 Å². The fourth-order valence-corrected chi connectivity index (χ4v) is 2.61. The van der Waals surface area contributed by atoms with E-state index in [2.05, 4.69) is 35.6 Å². The van der Waals surface area contributed by atoms with E-state index >= 15 is 0 Å². The van der Waals surface area contributed by atoms with Crippen LogP contribution in [0, 0.1) is 0 Å². The van der Waals surface area contributed by atoms with Gasteiger partial charge < -0.3 is 15.2 Å². The molecule has 0 saturated carbocycles. The maximum Gasteiger partial charge on any atom is 0.161 e. The number of rotatable bonds is 6. The van der Waals surface area contributed by atoms with Crippen molar-refractivity contribution in [1.82, 2.24) is 0 Å². The molecule has 0 aliphatic heterocycles. The summed E-state index contributed by atoms with van der Waals surface area (Å²) in [5.74, 6) is 0.479. The molecule has 0 unspecified atom stereocenters. The molecule has 0 bridgehead atoms. The highest BCUT2D eigenvalue weighted by Gasteiger charge is 2.06. The summed E-state index contributed by atoms with van der Waals surface area (Å²) in [5, 5.41) is 14.7. The van der Waals surface area contributed by atoms with Crippen molar-refractivity contribution in [2.45, 2.75) is 20.3 Å². The van der Waals surface area contributed by atoms with Gasteiger partial charge in [-0.05, 0) is 48.9 Å². The van der Waals surface area contributed by atoms with Crippen LogP contribution in [0.4, 0.5) is 5.69 Å². The quantitative estimate of drug-likeness (QED) is 0.797. The predicted octanol–water partition coefficient (Wildman–Crippen LogP) is 3.20. The molecule has 0 fully saturated rings. The van der Waals surface area contributed by atoms with Gasteiger partial charge in [0.1, 0.15) is 0 Å². The van der Waals surface area contributed by atoms with Gasteiger partial charge in [-0.3, -0.25) is 4.99 Å². The molecule has 0 atom stereocenters. The maximum absolute atomic E-state index is 9.91. The normalized spacial score (nSPS) is 12.1. The lowest BCUT2D eigenvalue weighted by Crippen LogP contribution is -2.26. The minimum atomic E-state index is 0.0729. The molecule has 2 N–H and O–H groups in total. The molecule has 130 valence electrons. The minimum Gasteiger partial charge on any atom is -0.504 e. The number of methoxy groups -OCH3 is 1. The molecule has 0 aliphatic carbocycles. The van der Waals surface area contributed by atoms with Crippen molar-refractivity contribution >= 4 is 24.2 Å². The zero-order valence-corrected chi connectivity index (χ0v) is 15.0. The highest BCUT2D eigenvalue weighted by Crippen LogP contribution is 2.21. The number of hydrogen-bond acceptors (Lipinski definition) is 4. The van der Waals surface area contributed by atoms with Gasteiger partial charge >= 0.3 is 0 Å². The van der Waals surface area contributed by atoms with Crippen molar-refractivity contribution in [3.63, 3.8) is 0 Å². The van der Waals surface area contributed by atoms with Crippen LogP contribution in [0.5, 0.6) is 11.5 Å². The number of hydrogen-bond donors (Lipinski definition) is 2. The summed E-state index contributed by atoms with van der Waals surface area (Å²) >= 11 is 0. The van der Waals surface area contributed by atoms with Crippen molar-refractivity contribution in [2.75, 3.05) is 12.4 Å². The Morgan fingerprint density at radius 1 is 1.32 bits per heavy atom. The first kappa shape index (κ1) is 18.3. The van der Waals surface area contributed by atoms with Crippen LogP contribution < -0.4 is 20.5 Å². The Morgan fingerprint density at radius 3 is 2.72 bits per heavy atom. The van der Waals surface area contributed by atoms with Crippen LogP contribution in [0.25, 0.3) is 12.3 Å². The number of anilines is 1. The highest BCUT2D eigenvalue weighted by molar-refractivity contribution is 5.65. The van der Waals surface area contributed by atoms with Crippen molar-refractivity contribution < 1.29 is 9.84 Å². The van der Waals surface area contributed by atoms with Gasteiger partial charge in [0.2, 0.25) is 0 Å². The summed E-state index contributed by atoms with van der Waals surface area (Å²) in [6.45, 7) is 11.7. The molecule has 0 aromatic heterocycles. The first-order valence-corrected chi connectivity index (χ1v) is 8.04. The monoisotopic (exact) mass is 336 g/mol. The molecule has 0 aliphatic rings. The van der Waals surface area contributed by atoms with Crippen LogP contribution in [0.1, 0.15) is 19.4 Å². The summed E-state index contributed by atoms with van der Waals surface area (Å²) in [5.41, 5.74) is 3.84. The predicted molar refractivity (Wildman–Crippen MR) is 106 cm³/mol. The number of phenolic OH excluding ortho intramolecular Hbond substituents is 1.